The molecule has 6 rings (SSSR count). The molecule has 0 aromatic heterocycles. The number of rotatable bonds is 11. The van der Waals surface area contributed by atoms with Crippen LogP contribution in [-0.2, 0) is 16.0 Å². The number of aliphatic hydroxyl groups excluding tert-OH is 1. The number of carbonyl (C=O) groups excluding carboxylic acids is 3. The maximum absolute atomic E-state index is 14.4. The van der Waals surface area contributed by atoms with E-state index >= 15 is 0 Å². The first-order chi connectivity index (χ1) is 23.7. The fourth-order valence-corrected chi connectivity index (χ4v) is 7.19. The number of nitrogens with one attached hydrogen (secondary N) is 1. The number of fused-ring (bicyclic) bond motifs is 2. The van der Waals surface area contributed by atoms with Gasteiger partial charge in [0.1, 0.15) is 30.7 Å². The summed E-state index contributed by atoms with van der Waals surface area (Å²) >= 11 is 0. The van der Waals surface area contributed by atoms with Crippen LogP contribution >= 0.6 is 0 Å². The van der Waals surface area contributed by atoms with Gasteiger partial charge in [-0.15, -0.1) is 6.42 Å². The summed E-state index contributed by atoms with van der Waals surface area (Å²) in [6.07, 6.45) is 24.1. The van der Waals surface area contributed by atoms with Crippen LogP contribution in [-0.4, -0.2) is 107 Å². The number of amides is 4. The van der Waals surface area contributed by atoms with Gasteiger partial charge in [0.05, 0.1) is 26.2 Å². The van der Waals surface area contributed by atoms with Crippen molar-refractivity contribution in [1.82, 2.24) is 25.1 Å². The lowest BCUT2D eigenvalue weighted by atomic mass is 9.68. The Morgan fingerprint density at radius 1 is 1.18 bits per heavy atom. The number of alkyl halides is 1. The van der Waals surface area contributed by atoms with Gasteiger partial charge in [-0.1, -0.05) is 85.7 Å². The van der Waals surface area contributed by atoms with Gasteiger partial charge in [-0.05, 0) is 28.8 Å². The van der Waals surface area contributed by atoms with Gasteiger partial charge in [-0.2, -0.15) is 5.01 Å². The Balaban J connectivity index is 1.27. The van der Waals surface area contributed by atoms with E-state index in [-0.39, 0.29) is 75.4 Å². The molecule has 3 aliphatic carbocycles. The Labute approximate surface area is 286 Å². The van der Waals surface area contributed by atoms with Crippen LogP contribution < -0.4 is 10.1 Å². The van der Waals surface area contributed by atoms with Crippen molar-refractivity contribution in [1.29, 1.82) is 0 Å². The molecule has 10 nitrogen and oxygen atoms in total. The number of aliphatic hydroxyl groups is 1. The third-order valence-electron chi connectivity index (χ3n) is 9.71. The first-order valence-corrected chi connectivity index (χ1v) is 16.6. The zero-order valence-corrected chi connectivity index (χ0v) is 27.6. The highest BCUT2D eigenvalue weighted by atomic mass is 19.1. The van der Waals surface area contributed by atoms with Crippen LogP contribution in [0.1, 0.15) is 18.9 Å². The number of nitrogens with zero attached hydrogens (tertiary/aromatic N) is 4. The number of terminal acetylenes is 1. The molecule has 0 spiro atoms. The topological polar surface area (TPSA) is 106 Å². The highest BCUT2D eigenvalue weighted by molar-refractivity contribution is 5.92. The van der Waals surface area contributed by atoms with Crippen LogP contribution in [0.5, 0.6) is 5.75 Å². The quantitative estimate of drug-likeness (QED) is 0.351. The van der Waals surface area contributed by atoms with Crippen LogP contribution in [0.15, 0.2) is 96.2 Å². The molecule has 256 valence electrons. The van der Waals surface area contributed by atoms with Crippen molar-refractivity contribution < 1.29 is 28.6 Å². The molecule has 0 radical (unpaired) electrons. The number of piperazine rings is 1. The van der Waals surface area contributed by atoms with Gasteiger partial charge >= 0.3 is 6.03 Å². The molecule has 49 heavy (non-hydrogen) atoms. The number of ether oxygens (including phenoxy) is 1. The third-order valence-corrected chi connectivity index (χ3v) is 9.71. The van der Waals surface area contributed by atoms with E-state index in [2.05, 4.69) is 42.5 Å². The predicted molar refractivity (Wildman–Crippen MR) is 183 cm³/mol. The molecule has 0 saturated carbocycles. The first-order valence-electron chi connectivity index (χ1n) is 16.6. The number of carbonyl (C=O) groups is 3. The molecule has 2 fully saturated rings. The zero-order chi connectivity index (χ0) is 34.5. The Morgan fingerprint density at radius 2 is 1.98 bits per heavy atom. The highest BCUT2D eigenvalue weighted by Gasteiger charge is 2.52. The second-order valence-corrected chi connectivity index (χ2v) is 13.0. The van der Waals surface area contributed by atoms with Crippen LogP contribution in [0, 0.1) is 23.7 Å². The summed E-state index contributed by atoms with van der Waals surface area (Å²) in [5.74, 6) is 2.76. The van der Waals surface area contributed by atoms with E-state index in [0.29, 0.717) is 12.3 Å². The van der Waals surface area contributed by atoms with E-state index < -0.39 is 24.4 Å². The van der Waals surface area contributed by atoms with Gasteiger partial charge < -0.3 is 25.0 Å². The molecule has 2 heterocycles. The normalized spacial score (nSPS) is 27.3. The van der Waals surface area contributed by atoms with Crippen LogP contribution in [0.4, 0.5) is 9.18 Å². The molecule has 2 N–H and O–H groups in total. The Hall–Kier alpha value is -4.92. The van der Waals surface area contributed by atoms with Crippen molar-refractivity contribution in [3.05, 3.63) is 102 Å². The number of hydrogen-bond acceptors (Lipinski definition) is 6. The third kappa shape index (κ3) is 7.26. The van der Waals surface area contributed by atoms with E-state index in [1.165, 1.54) is 11.1 Å². The van der Waals surface area contributed by atoms with Gasteiger partial charge in [0, 0.05) is 37.3 Å². The number of urea groups is 1. The van der Waals surface area contributed by atoms with Crippen molar-refractivity contribution in [3.63, 3.8) is 0 Å². The molecule has 2 aliphatic heterocycles. The molecule has 5 atom stereocenters. The van der Waals surface area contributed by atoms with Crippen LogP contribution in [0.25, 0.3) is 0 Å². The highest BCUT2D eigenvalue weighted by Crippen LogP contribution is 2.42. The summed E-state index contributed by atoms with van der Waals surface area (Å²) in [5.41, 5.74) is 2.47. The number of hydrogen-bond donors (Lipinski definition) is 2. The Bertz CT molecular complexity index is 1670. The maximum atomic E-state index is 14.4. The van der Waals surface area contributed by atoms with Crippen molar-refractivity contribution in [2.75, 3.05) is 45.9 Å². The number of halogens is 1. The molecule has 2 unspecified atom stereocenters. The summed E-state index contributed by atoms with van der Waals surface area (Å²) in [5, 5.41) is 15.0. The van der Waals surface area contributed by atoms with Crippen molar-refractivity contribution >= 4 is 17.8 Å². The van der Waals surface area contributed by atoms with E-state index in [4.69, 9.17) is 16.3 Å². The molecule has 0 bridgehead atoms. The molecule has 11 heteroatoms. The largest absolute Gasteiger partial charge is 0.491 e. The average molecular weight is 668 g/mol. The van der Waals surface area contributed by atoms with E-state index in [1.54, 1.807) is 39.1 Å². The van der Waals surface area contributed by atoms with Crippen molar-refractivity contribution in [2.24, 2.45) is 11.3 Å². The van der Waals surface area contributed by atoms with E-state index in [9.17, 15) is 18.8 Å². The fraction of sp³-hybridized carbons (Fsp3) is 0.395. The first kappa shape index (κ1) is 34.0. The summed E-state index contributed by atoms with van der Waals surface area (Å²) in [4.78, 5) is 45.2. The predicted octanol–water partition coefficient (Wildman–Crippen LogP) is 3.31. The van der Waals surface area contributed by atoms with Gasteiger partial charge in [0.15, 0.2) is 0 Å². The summed E-state index contributed by atoms with van der Waals surface area (Å²) in [7, 11) is 0. The minimum atomic E-state index is -1.04. The van der Waals surface area contributed by atoms with Gasteiger partial charge in [-0.25, -0.2) is 14.2 Å². The zero-order valence-electron chi connectivity index (χ0n) is 27.6. The maximum Gasteiger partial charge on any atom is 0.333 e. The standard InChI is InChI=1S/C38H42FN5O5/c1-3-19-42(37(48)40-23-28-9-13-30(39)14-10-28)43-26-35(46)44-33(22-27-11-15-31(16-12-27)49-21-20-45)36(47)41(25-34(43)44)24-29-7-6-18-38(2)17-5-4-8-32(29)38/h1,4-13,15-18,30,32-34,45H,14,19-26H2,2H3,(H,40,48)/t30?,32?,33-,34+,38+/m0/s1. The summed E-state index contributed by atoms with van der Waals surface area (Å²) in [6, 6.07) is 5.94. The van der Waals surface area contributed by atoms with Gasteiger partial charge in [-0.3, -0.25) is 9.59 Å². The molecule has 1 aromatic carbocycles. The van der Waals surface area contributed by atoms with E-state index in [1.807, 2.05) is 30.4 Å². The Kier molecular flexibility index (Phi) is 10.2. The second-order valence-electron chi connectivity index (χ2n) is 13.0. The number of benzene rings is 1. The van der Waals surface area contributed by atoms with Crippen molar-refractivity contribution in [2.45, 2.75) is 38.1 Å². The van der Waals surface area contributed by atoms with Crippen LogP contribution in [0.2, 0.25) is 0 Å². The smallest absolute Gasteiger partial charge is 0.333 e. The lowest BCUT2D eigenvalue weighted by Crippen LogP contribution is -2.66. The van der Waals surface area contributed by atoms with Crippen molar-refractivity contribution in [3.8, 4) is 18.1 Å². The Morgan fingerprint density at radius 3 is 2.71 bits per heavy atom. The molecule has 5 aliphatic rings. The SMILES string of the molecule is C#CCN(C(=O)NCC1=CCC(F)C=C1)N1CC(=O)N2[C@@H](Cc3ccc(OCCO)cc3)C(=O)N(CC3=CC=C[C@@]4(C)C=CC=CC34)C[C@@H]21. The molecule has 2 saturated heterocycles. The summed E-state index contributed by atoms with van der Waals surface area (Å²) < 4.78 is 19.1. The number of hydrazine groups is 1. The number of allylic oxidation sites excluding steroid dienone is 9. The minimum absolute atomic E-state index is 0.0686. The molecular formula is C38H42FN5O5. The van der Waals surface area contributed by atoms with E-state index in [0.717, 1.165) is 16.7 Å². The molecule has 4 amide bonds. The average Bonchev–Trinajstić information content (AvgIpc) is 3.42. The van der Waals surface area contributed by atoms with Gasteiger partial charge in [0.2, 0.25) is 11.8 Å². The van der Waals surface area contributed by atoms with Gasteiger partial charge in [0.25, 0.3) is 0 Å². The minimum Gasteiger partial charge on any atom is -0.491 e. The lowest BCUT2D eigenvalue weighted by molar-refractivity contribution is -0.156. The van der Waals surface area contributed by atoms with Crippen LogP contribution in [0.3, 0.4) is 0 Å². The summed E-state index contributed by atoms with van der Waals surface area (Å²) in [6.45, 7) is 2.72. The molecular weight excluding hydrogens is 625 g/mol. The molecule has 1 aromatic rings. The fourth-order valence-electron chi connectivity index (χ4n) is 7.19. The second kappa shape index (κ2) is 14.7. The monoisotopic (exact) mass is 667 g/mol. The lowest BCUT2D eigenvalue weighted by Gasteiger charge is -2.47.